The molecule has 0 spiro atoms. The van der Waals surface area contributed by atoms with E-state index >= 15 is 0 Å². The standard InChI is InChI=1S/C15H11BrF2O/c16-12-4-5-15(18)11(8-12)9-14(19)7-10-2-1-3-13(17)6-10/h1-6,8H,7,9H2. The zero-order chi connectivity index (χ0) is 13.8. The van der Waals surface area contributed by atoms with E-state index in [4.69, 9.17) is 0 Å². The molecule has 0 aliphatic rings. The Bertz CT molecular complexity index is 611. The predicted octanol–water partition coefficient (Wildman–Crippen LogP) is 4.08. The summed E-state index contributed by atoms with van der Waals surface area (Å²) in [6.45, 7) is 0. The van der Waals surface area contributed by atoms with Crippen molar-refractivity contribution >= 4 is 21.7 Å². The molecule has 0 radical (unpaired) electrons. The van der Waals surface area contributed by atoms with E-state index in [0.717, 1.165) is 4.47 Å². The van der Waals surface area contributed by atoms with E-state index in [9.17, 15) is 13.6 Å². The van der Waals surface area contributed by atoms with E-state index in [2.05, 4.69) is 15.9 Å². The van der Waals surface area contributed by atoms with Gasteiger partial charge in [0.1, 0.15) is 17.4 Å². The van der Waals surface area contributed by atoms with Crippen LogP contribution in [0.3, 0.4) is 0 Å². The summed E-state index contributed by atoms with van der Waals surface area (Å²) in [4.78, 5) is 11.9. The Labute approximate surface area is 118 Å². The van der Waals surface area contributed by atoms with Crippen LogP contribution in [0.4, 0.5) is 8.78 Å². The molecular weight excluding hydrogens is 314 g/mol. The molecule has 4 heteroatoms. The summed E-state index contributed by atoms with van der Waals surface area (Å²) in [6.07, 6.45) is 0.103. The van der Waals surface area contributed by atoms with Crippen molar-refractivity contribution in [3.05, 3.63) is 69.7 Å². The van der Waals surface area contributed by atoms with Crippen LogP contribution in [-0.2, 0) is 17.6 Å². The summed E-state index contributed by atoms with van der Waals surface area (Å²) in [6, 6.07) is 10.3. The third-order valence-corrected chi connectivity index (χ3v) is 3.18. The first-order valence-corrected chi connectivity index (χ1v) is 6.54. The molecule has 0 aliphatic carbocycles. The number of hydrogen-bond acceptors (Lipinski definition) is 1. The van der Waals surface area contributed by atoms with Crippen molar-refractivity contribution in [3.63, 3.8) is 0 Å². The minimum atomic E-state index is -0.407. The Morgan fingerprint density at radius 1 is 1.05 bits per heavy atom. The third-order valence-electron chi connectivity index (χ3n) is 2.69. The van der Waals surface area contributed by atoms with Gasteiger partial charge in [0.2, 0.25) is 0 Å². The monoisotopic (exact) mass is 324 g/mol. The van der Waals surface area contributed by atoms with E-state index in [1.54, 1.807) is 24.3 Å². The summed E-state index contributed by atoms with van der Waals surface area (Å²) < 4.78 is 27.2. The van der Waals surface area contributed by atoms with Gasteiger partial charge in [0.25, 0.3) is 0 Å². The Kier molecular flexibility index (Phi) is 4.43. The highest BCUT2D eigenvalue weighted by molar-refractivity contribution is 9.10. The number of hydrogen-bond donors (Lipinski definition) is 0. The van der Waals surface area contributed by atoms with Crippen LogP contribution in [0.2, 0.25) is 0 Å². The number of ketones is 1. The number of halogens is 3. The van der Waals surface area contributed by atoms with Crippen molar-refractivity contribution in [2.75, 3.05) is 0 Å². The summed E-state index contributed by atoms with van der Waals surface area (Å²) in [5.74, 6) is -0.933. The highest BCUT2D eigenvalue weighted by Gasteiger charge is 2.10. The third kappa shape index (κ3) is 3.96. The van der Waals surface area contributed by atoms with E-state index in [1.165, 1.54) is 18.2 Å². The number of carbonyl (C=O) groups is 1. The molecule has 0 bridgehead atoms. The quantitative estimate of drug-likeness (QED) is 0.828. The fourth-order valence-corrected chi connectivity index (χ4v) is 2.24. The van der Waals surface area contributed by atoms with Gasteiger partial charge in [-0.15, -0.1) is 0 Å². The smallest absolute Gasteiger partial charge is 0.141 e. The molecule has 0 heterocycles. The molecule has 0 unspecified atom stereocenters. The van der Waals surface area contributed by atoms with Crippen molar-refractivity contribution in [2.45, 2.75) is 12.8 Å². The molecule has 0 fully saturated rings. The van der Waals surface area contributed by atoms with Crippen LogP contribution in [0.1, 0.15) is 11.1 Å². The Morgan fingerprint density at radius 2 is 1.84 bits per heavy atom. The summed E-state index contributed by atoms with van der Waals surface area (Å²) in [7, 11) is 0. The van der Waals surface area contributed by atoms with Crippen molar-refractivity contribution < 1.29 is 13.6 Å². The van der Waals surface area contributed by atoms with E-state index in [-0.39, 0.29) is 24.4 Å². The van der Waals surface area contributed by atoms with Gasteiger partial charge in [-0.1, -0.05) is 28.1 Å². The summed E-state index contributed by atoms with van der Waals surface area (Å²) in [5, 5.41) is 0. The first kappa shape index (κ1) is 13.9. The van der Waals surface area contributed by atoms with Gasteiger partial charge >= 0.3 is 0 Å². The minimum absolute atomic E-state index is 0.00177. The number of Topliss-reactive ketones (excluding diaryl/α,β-unsaturated/α-hetero) is 1. The average molecular weight is 325 g/mol. The molecule has 0 aromatic heterocycles. The minimum Gasteiger partial charge on any atom is -0.299 e. The van der Waals surface area contributed by atoms with Gasteiger partial charge in [0.15, 0.2) is 0 Å². The molecule has 0 aliphatic heterocycles. The lowest BCUT2D eigenvalue weighted by Gasteiger charge is -2.04. The van der Waals surface area contributed by atoms with Gasteiger partial charge < -0.3 is 0 Å². The second kappa shape index (κ2) is 6.06. The fraction of sp³-hybridized carbons (Fsp3) is 0.133. The van der Waals surface area contributed by atoms with Crippen LogP contribution in [0.15, 0.2) is 46.9 Å². The lowest BCUT2D eigenvalue weighted by atomic mass is 10.0. The zero-order valence-corrected chi connectivity index (χ0v) is 11.6. The largest absolute Gasteiger partial charge is 0.299 e. The maximum absolute atomic E-state index is 13.5. The van der Waals surface area contributed by atoms with Gasteiger partial charge in [-0.2, -0.15) is 0 Å². The number of benzene rings is 2. The lowest BCUT2D eigenvalue weighted by Crippen LogP contribution is -2.08. The van der Waals surface area contributed by atoms with Crippen LogP contribution in [0.5, 0.6) is 0 Å². The summed E-state index contributed by atoms with van der Waals surface area (Å²) in [5.41, 5.74) is 0.941. The predicted molar refractivity (Wildman–Crippen MR) is 72.9 cm³/mol. The van der Waals surface area contributed by atoms with Crippen LogP contribution < -0.4 is 0 Å². The van der Waals surface area contributed by atoms with Crippen LogP contribution in [0.25, 0.3) is 0 Å². The molecule has 0 amide bonds. The molecule has 2 aromatic carbocycles. The second-order valence-corrected chi connectivity index (χ2v) is 5.17. The molecule has 2 rings (SSSR count). The highest BCUT2D eigenvalue weighted by Crippen LogP contribution is 2.17. The highest BCUT2D eigenvalue weighted by atomic mass is 79.9. The lowest BCUT2D eigenvalue weighted by molar-refractivity contribution is -0.117. The van der Waals surface area contributed by atoms with Crippen LogP contribution >= 0.6 is 15.9 Å². The van der Waals surface area contributed by atoms with Crippen molar-refractivity contribution in [3.8, 4) is 0 Å². The van der Waals surface area contributed by atoms with Gasteiger partial charge in [-0.25, -0.2) is 8.78 Å². The molecule has 98 valence electrons. The van der Waals surface area contributed by atoms with Crippen LogP contribution in [0, 0.1) is 11.6 Å². The van der Waals surface area contributed by atoms with Crippen LogP contribution in [-0.4, -0.2) is 5.78 Å². The molecule has 0 atom stereocenters. The SMILES string of the molecule is O=C(Cc1cccc(F)c1)Cc1cc(Br)ccc1F. The molecule has 0 saturated carbocycles. The first-order valence-electron chi connectivity index (χ1n) is 5.74. The van der Waals surface area contributed by atoms with Crippen molar-refractivity contribution in [1.29, 1.82) is 0 Å². The number of rotatable bonds is 4. The Hall–Kier alpha value is -1.55. The van der Waals surface area contributed by atoms with Crippen molar-refractivity contribution in [1.82, 2.24) is 0 Å². The topological polar surface area (TPSA) is 17.1 Å². The molecule has 0 saturated heterocycles. The molecule has 1 nitrogen and oxygen atoms in total. The molecule has 0 N–H and O–H groups in total. The normalized spacial score (nSPS) is 10.5. The Morgan fingerprint density at radius 3 is 2.58 bits per heavy atom. The van der Waals surface area contributed by atoms with Gasteiger partial charge in [0.05, 0.1) is 0 Å². The first-order chi connectivity index (χ1) is 9.04. The average Bonchev–Trinajstić information content (AvgIpc) is 2.34. The second-order valence-electron chi connectivity index (χ2n) is 4.26. The summed E-state index contributed by atoms with van der Waals surface area (Å²) >= 11 is 3.24. The Balaban J connectivity index is 2.07. The van der Waals surface area contributed by atoms with Gasteiger partial charge in [-0.05, 0) is 41.5 Å². The van der Waals surface area contributed by atoms with Crippen molar-refractivity contribution in [2.24, 2.45) is 0 Å². The maximum atomic E-state index is 13.5. The number of carbonyl (C=O) groups excluding carboxylic acids is 1. The van der Waals surface area contributed by atoms with Gasteiger partial charge in [-0.3, -0.25) is 4.79 Å². The van der Waals surface area contributed by atoms with Gasteiger partial charge in [0, 0.05) is 17.3 Å². The maximum Gasteiger partial charge on any atom is 0.141 e. The zero-order valence-electron chi connectivity index (χ0n) is 10.00. The molecule has 19 heavy (non-hydrogen) atoms. The van der Waals surface area contributed by atoms with E-state index < -0.39 is 5.82 Å². The fourth-order valence-electron chi connectivity index (χ4n) is 1.83. The molecular formula is C15H11BrF2O. The molecule has 2 aromatic rings. The van der Waals surface area contributed by atoms with E-state index in [1.807, 2.05) is 0 Å². The van der Waals surface area contributed by atoms with E-state index in [0.29, 0.717) is 11.1 Å².